The minimum Gasteiger partial charge on any atom is -0.354 e. The fourth-order valence-corrected chi connectivity index (χ4v) is 1.52. The molecule has 0 aromatic carbocycles. The summed E-state index contributed by atoms with van der Waals surface area (Å²) >= 11 is 0. The van der Waals surface area contributed by atoms with Gasteiger partial charge in [0.2, 0.25) is 0 Å². The van der Waals surface area contributed by atoms with Gasteiger partial charge in [-0.1, -0.05) is 6.07 Å². The summed E-state index contributed by atoms with van der Waals surface area (Å²) in [6.45, 7) is 1.66. The lowest BCUT2D eigenvalue weighted by Crippen LogP contribution is -2.27. The minimum atomic E-state index is -2.36. The highest BCUT2D eigenvalue weighted by Gasteiger charge is 2.15. The monoisotopic (exact) mass is 229 g/mol. The molecule has 0 saturated heterocycles. The van der Waals surface area contributed by atoms with Crippen LogP contribution in [-0.4, -0.2) is 32.0 Å². The number of halogens is 2. The Balaban J connectivity index is 2.93. The predicted octanol–water partition coefficient (Wildman–Crippen LogP) is 2.06. The van der Waals surface area contributed by atoms with Crippen molar-refractivity contribution in [2.24, 2.45) is 0 Å². The van der Waals surface area contributed by atoms with Crippen molar-refractivity contribution >= 4 is 5.82 Å². The van der Waals surface area contributed by atoms with Gasteiger partial charge >= 0.3 is 0 Å². The molecule has 1 N–H and O–H groups in total. The number of nitrogens with one attached hydrogen (secondary N) is 1. The van der Waals surface area contributed by atoms with E-state index in [-0.39, 0.29) is 12.6 Å². The molecule has 0 aliphatic heterocycles. The Hall–Kier alpha value is -1.23. The first-order chi connectivity index (χ1) is 7.56. The normalized spacial score (nSPS) is 12.9. The number of hydrogen-bond donors (Lipinski definition) is 1. The van der Waals surface area contributed by atoms with Crippen molar-refractivity contribution in [2.75, 3.05) is 25.5 Å². The number of anilines is 1. The van der Waals surface area contributed by atoms with Gasteiger partial charge in [-0.3, -0.25) is 0 Å². The van der Waals surface area contributed by atoms with Gasteiger partial charge in [0.1, 0.15) is 5.82 Å². The second-order valence-corrected chi connectivity index (χ2v) is 3.70. The van der Waals surface area contributed by atoms with E-state index in [9.17, 15) is 8.78 Å². The topological polar surface area (TPSA) is 28.2 Å². The van der Waals surface area contributed by atoms with Crippen molar-refractivity contribution in [3.8, 4) is 0 Å². The summed E-state index contributed by atoms with van der Waals surface area (Å²) in [7, 11) is 3.45. The molecule has 1 rings (SSSR count). The lowest BCUT2D eigenvalue weighted by atomic mass is 10.1. The van der Waals surface area contributed by atoms with Gasteiger partial charge in [0, 0.05) is 24.8 Å². The molecule has 5 heteroatoms. The van der Waals surface area contributed by atoms with E-state index >= 15 is 0 Å². The molecule has 0 fully saturated rings. The fraction of sp³-hybridized carbons (Fsp3) is 0.545. The van der Waals surface area contributed by atoms with E-state index in [0.29, 0.717) is 5.82 Å². The Morgan fingerprint density at radius 1 is 1.50 bits per heavy atom. The smallest absolute Gasteiger partial charge is 0.255 e. The number of aromatic nitrogens is 1. The van der Waals surface area contributed by atoms with Crippen LogP contribution in [0.5, 0.6) is 0 Å². The minimum absolute atomic E-state index is 0.0869. The van der Waals surface area contributed by atoms with Gasteiger partial charge in [0.25, 0.3) is 6.43 Å². The van der Waals surface area contributed by atoms with Crippen molar-refractivity contribution < 1.29 is 8.78 Å². The molecule has 90 valence electrons. The second kappa shape index (κ2) is 5.75. The molecule has 1 unspecified atom stereocenters. The average molecular weight is 229 g/mol. The standard InChI is InChI=1S/C11H17F2N3/c1-8(14-2)9-5-4-6-15-11(9)16(3)7-10(12)13/h4-6,8,10,14H,7H2,1-3H3. The molecule has 1 atom stereocenters. The van der Waals surface area contributed by atoms with Gasteiger partial charge in [-0.25, -0.2) is 13.8 Å². The maximum atomic E-state index is 12.3. The van der Waals surface area contributed by atoms with Crippen LogP contribution in [0, 0.1) is 0 Å². The zero-order valence-corrected chi connectivity index (χ0v) is 9.74. The number of nitrogens with zero attached hydrogens (tertiary/aromatic N) is 2. The van der Waals surface area contributed by atoms with Crippen molar-refractivity contribution in [3.05, 3.63) is 23.9 Å². The lowest BCUT2D eigenvalue weighted by molar-refractivity contribution is 0.156. The summed E-state index contributed by atoms with van der Waals surface area (Å²) < 4.78 is 24.6. The molecule has 0 bridgehead atoms. The molecule has 0 aliphatic carbocycles. The molecule has 0 aliphatic rings. The Labute approximate surface area is 94.5 Å². The zero-order chi connectivity index (χ0) is 12.1. The van der Waals surface area contributed by atoms with Crippen molar-refractivity contribution in [1.29, 1.82) is 0 Å². The Morgan fingerprint density at radius 2 is 2.19 bits per heavy atom. The Morgan fingerprint density at radius 3 is 2.75 bits per heavy atom. The van der Waals surface area contributed by atoms with Crippen LogP contribution in [0.4, 0.5) is 14.6 Å². The lowest BCUT2D eigenvalue weighted by Gasteiger charge is -2.23. The van der Waals surface area contributed by atoms with E-state index in [1.807, 2.05) is 26.1 Å². The average Bonchev–Trinajstić information content (AvgIpc) is 2.27. The molecule has 0 amide bonds. The third kappa shape index (κ3) is 3.13. The predicted molar refractivity (Wildman–Crippen MR) is 61.0 cm³/mol. The molecule has 0 saturated carbocycles. The first-order valence-corrected chi connectivity index (χ1v) is 5.17. The molecular weight excluding hydrogens is 212 g/mol. The summed E-state index contributed by atoms with van der Waals surface area (Å²) in [6.07, 6.45) is -0.742. The van der Waals surface area contributed by atoms with Crippen LogP contribution < -0.4 is 10.2 Å². The van der Waals surface area contributed by atoms with E-state index in [4.69, 9.17) is 0 Å². The van der Waals surface area contributed by atoms with Gasteiger partial charge in [-0.2, -0.15) is 0 Å². The molecule has 16 heavy (non-hydrogen) atoms. The maximum Gasteiger partial charge on any atom is 0.255 e. The molecule has 0 radical (unpaired) electrons. The molecular formula is C11H17F2N3. The summed E-state index contributed by atoms with van der Waals surface area (Å²) in [5.74, 6) is 0.602. The molecule has 1 aromatic rings. The first-order valence-electron chi connectivity index (χ1n) is 5.17. The van der Waals surface area contributed by atoms with Gasteiger partial charge in [0.15, 0.2) is 0 Å². The van der Waals surface area contributed by atoms with Gasteiger partial charge in [0.05, 0.1) is 6.54 Å². The van der Waals surface area contributed by atoms with E-state index < -0.39 is 6.43 Å². The molecule has 1 heterocycles. The fourth-order valence-electron chi connectivity index (χ4n) is 1.52. The highest BCUT2D eigenvalue weighted by molar-refractivity contribution is 5.47. The van der Waals surface area contributed by atoms with Crippen LogP contribution in [-0.2, 0) is 0 Å². The first kappa shape index (κ1) is 12.8. The molecule has 1 aromatic heterocycles. The van der Waals surface area contributed by atoms with Crippen molar-refractivity contribution in [2.45, 2.75) is 19.4 Å². The van der Waals surface area contributed by atoms with Crippen LogP contribution in [0.15, 0.2) is 18.3 Å². The largest absolute Gasteiger partial charge is 0.354 e. The number of pyridine rings is 1. The summed E-state index contributed by atoms with van der Waals surface area (Å²) in [4.78, 5) is 5.63. The van der Waals surface area contributed by atoms with Crippen LogP contribution in [0.1, 0.15) is 18.5 Å². The Kier molecular flexibility index (Phi) is 4.61. The van der Waals surface area contributed by atoms with E-state index in [1.165, 1.54) is 4.90 Å². The van der Waals surface area contributed by atoms with Gasteiger partial charge < -0.3 is 10.2 Å². The van der Waals surface area contributed by atoms with Gasteiger partial charge in [-0.15, -0.1) is 0 Å². The summed E-state index contributed by atoms with van der Waals surface area (Å²) in [5.41, 5.74) is 0.924. The zero-order valence-electron chi connectivity index (χ0n) is 9.74. The van der Waals surface area contributed by atoms with Crippen LogP contribution in [0.2, 0.25) is 0 Å². The second-order valence-electron chi connectivity index (χ2n) is 3.70. The van der Waals surface area contributed by atoms with E-state index in [1.54, 1.807) is 13.2 Å². The van der Waals surface area contributed by atoms with Crippen LogP contribution in [0.3, 0.4) is 0 Å². The van der Waals surface area contributed by atoms with Crippen LogP contribution >= 0.6 is 0 Å². The maximum absolute atomic E-state index is 12.3. The highest BCUT2D eigenvalue weighted by atomic mass is 19.3. The quantitative estimate of drug-likeness (QED) is 0.837. The SMILES string of the molecule is CNC(C)c1cccnc1N(C)CC(F)F. The molecule has 3 nitrogen and oxygen atoms in total. The van der Waals surface area contributed by atoms with Crippen molar-refractivity contribution in [1.82, 2.24) is 10.3 Å². The van der Waals surface area contributed by atoms with E-state index in [0.717, 1.165) is 5.56 Å². The summed E-state index contributed by atoms with van der Waals surface area (Å²) in [6, 6.07) is 3.79. The number of alkyl halides is 2. The Bertz CT molecular complexity index is 331. The number of hydrogen-bond acceptors (Lipinski definition) is 3. The van der Waals surface area contributed by atoms with Crippen LogP contribution in [0.25, 0.3) is 0 Å². The third-order valence-corrected chi connectivity index (χ3v) is 2.49. The molecule has 0 spiro atoms. The van der Waals surface area contributed by atoms with E-state index in [2.05, 4.69) is 10.3 Å². The summed E-state index contributed by atoms with van der Waals surface area (Å²) in [5, 5.41) is 3.08. The highest BCUT2D eigenvalue weighted by Crippen LogP contribution is 2.22. The number of rotatable bonds is 5. The van der Waals surface area contributed by atoms with Gasteiger partial charge in [-0.05, 0) is 20.0 Å². The third-order valence-electron chi connectivity index (χ3n) is 2.49. The van der Waals surface area contributed by atoms with Crippen molar-refractivity contribution in [3.63, 3.8) is 0 Å².